The summed E-state index contributed by atoms with van der Waals surface area (Å²) in [5.41, 5.74) is 2.21. The minimum absolute atomic E-state index is 0.0793. The number of nitrogens with one attached hydrogen (secondary N) is 1. The minimum atomic E-state index is -3.47. The summed E-state index contributed by atoms with van der Waals surface area (Å²) in [6, 6.07) is 7.85. The Balaban J connectivity index is 2.03. The minimum Gasteiger partial charge on any atom is -0.349 e. The molecule has 1 aromatic carbocycles. The molecule has 1 aliphatic heterocycles. The maximum absolute atomic E-state index is 12.6. The number of benzene rings is 1. The van der Waals surface area contributed by atoms with Crippen LogP contribution >= 0.6 is 0 Å². The molecule has 24 heavy (non-hydrogen) atoms. The largest absolute Gasteiger partial charge is 0.349 e. The monoisotopic (exact) mass is 353 g/mol. The second-order valence-electron chi connectivity index (χ2n) is 6.57. The fraction of sp³-hybridized carbons (Fsp3) is 0.588. The smallest absolute Gasteiger partial charge is 0.281 e. The van der Waals surface area contributed by atoms with Crippen LogP contribution in [0.2, 0.25) is 0 Å². The molecule has 134 valence electrons. The number of piperidine rings is 1. The van der Waals surface area contributed by atoms with Crippen molar-refractivity contribution >= 4 is 16.1 Å². The van der Waals surface area contributed by atoms with Gasteiger partial charge in [0.25, 0.3) is 10.2 Å². The van der Waals surface area contributed by atoms with Crippen molar-refractivity contribution in [3.05, 3.63) is 35.4 Å². The molecule has 0 saturated carbocycles. The third-order valence-electron chi connectivity index (χ3n) is 4.56. The molecule has 1 heterocycles. The van der Waals surface area contributed by atoms with E-state index in [1.165, 1.54) is 22.7 Å². The Morgan fingerprint density at radius 2 is 2.00 bits per heavy atom. The van der Waals surface area contributed by atoms with E-state index in [2.05, 4.69) is 5.32 Å². The lowest BCUT2D eigenvalue weighted by atomic mass is 9.97. The summed E-state index contributed by atoms with van der Waals surface area (Å²) in [6.07, 6.45) is 1.41. The summed E-state index contributed by atoms with van der Waals surface area (Å²) in [6.45, 7) is 4.69. The molecule has 1 aromatic rings. The summed E-state index contributed by atoms with van der Waals surface area (Å²) in [5.74, 6) is -0.385. The number of carbonyl (C=O) groups is 1. The molecule has 6 nitrogen and oxygen atoms in total. The number of rotatable bonds is 5. The molecule has 0 spiro atoms. The SMILES string of the molecule is Cc1ccccc1[C@@H](C)NC(=O)[C@@H]1CCCN(S(=O)(=O)N(C)C)C1. The lowest BCUT2D eigenvalue weighted by Crippen LogP contribution is -2.49. The normalized spacial score (nSPS) is 20.8. The van der Waals surface area contributed by atoms with E-state index in [9.17, 15) is 13.2 Å². The predicted molar refractivity (Wildman–Crippen MR) is 94.6 cm³/mol. The molecule has 1 fully saturated rings. The fourth-order valence-electron chi connectivity index (χ4n) is 3.08. The van der Waals surface area contributed by atoms with Crippen molar-refractivity contribution in [2.45, 2.75) is 32.7 Å². The molecule has 1 saturated heterocycles. The zero-order valence-corrected chi connectivity index (χ0v) is 15.6. The molecule has 1 aliphatic rings. The number of carbonyl (C=O) groups excluding carboxylic acids is 1. The molecule has 0 aromatic heterocycles. The second kappa shape index (κ2) is 7.63. The van der Waals surface area contributed by atoms with Crippen molar-refractivity contribution in [1.82, 2.24) is 13.9 Å². The van der Waals surface area contributed by atoms with Gasteiger partial charge in [-0.15, -0.1) is 0 Å². The summed E-state index contributed by atoms with van der Waals surface area (Å²) in [5, 5.41) is 3.03. The number of aryl methyl sites for hydroxylation is 1. The third kappa shape index (κ3) is 4.15. The first kappa shape index (κ1) is 18.9. The van der Waals surface area contributed by atoms with E-state index in [1.807, 2.05) is 38.1 Å². The Morgan fingerprint density at radius 1 is 1.33 bits per heavy atom. The molecule has 2 rings (SSSR count). The molecule has 0 unspecified atom stereocenters. The highest BCUT2D eigenvalue weighted by atomic mass is 32.2. The zero-order valence-electron chi connectivity index (χ0n) is 14.8. The van der Waals surface area contributed by atoms with E-state index in [1.54, 1.807) is 0 Å². The highest BCUT2D eigenvalue weighted by Crippen LogP contribution is 2.22. The number of amides is 1. The topological polar surface area (TPSA) is 69.7 Å². The summed E-state index contributed by atoms with van der Waals surface area (Å²) in [4.78, 5) is 12.6. The van der Waals surface area contributed by atoms with Crippen molar-refractivity contribution in [1.29, 1.82) is 0 Å². The van der Waals surface area contributed by atoms with E-state index in [0.29, 0.717) is 19.4 Å². The maximum Gasteiger partial charge on any atom is 0.281 e. The number of nitrogens with zero attached hydrogens (tertiary/aromatic N) is 2. The van der Waals surface area contributed by atoms with Gasteiger partial charge in [-0.05, 0) is 37.8 Å². The Kier molecular flexibility index (Phi) is 6.01. The van der Waals surface area contributed by atoms with Crippen LogP contribution in [0.15, 0.2) is 24.3 Å². The third-order valence-corrected chi connectivity index (χ3v) is 6.46. The van der Waals surface area contributed by atoms with Crippen LogP contribution in [0.25, 0.3) is 0 Å². The summed E-state index contributed by atoms with van der Waals surface area (Å²) in [7, 11) is -0.441. The predicted octanol–water partition coefficient (Wildman–Crippen LogP) is 1.69. The zero-order chi connectivity index (χ0) is 17.9. The van der Waals surface area contributed by atoms with Gasteiger partial charge in [-0.25, -0.2) is 0 Å². The lowest BCUT2D eigenvalue weighted by Gasteiger charge is -2.33. The Hall–Kier alpha value is -1.44. The first-order valence-corrected chi connectivity index (χ1v) is 9.66. The van der Waals surface area contributed by atoms with Gasteiger partial charge in [0.1, 0.15) is 0 Å². The van der Waals surface area contributed by atoms with Gasteiger partial charge in [0.15, 0.2) is 0 Å². The quantitative estimate of drug-likeness (QED) is 0.876. The van der Waals surface area contributed by atoms with Gasteiger partial charge in [-0.3, -0.25) is 4.79 Å². The van der Waals surface area contributed by atoms with Crippen LogP contribution in [0.4, 0.5) is 0 Å². The van der Waals surface area contributed by atoms with Gasteiger partial charge in [0.2, 0.25) is 5.91 Å². The van der Waals surface area contributed by atoms with Crippen LogP contribution < -0.4 is 5.32 Å². The molecule has 1 N–H and O–H groups in total. The van der Waals surface area contributed by atoms with Gasteiger partial charge in [-0.2, -0.15) is 17.0 Å². The highest BCUT2D eigenvalue weighted by molar-refractivity contribution is 7.86. The van der Waals surface area contributed by atoms with Crippen LogP contribution in [0, 0.1) is 12.8 Å². The average molecular weight is 353 g/mol. The average Bonchev–Trinajstić information content (AvgIpc) is 2.55. The van der Waals surface area contributed by atoms with Crippen molar-refractivity contribution in [2.24, 2.45) is 5.92 Å². The molecular formula is C17H27N3O3S. The molecule has 1 amide bonds. The lowest BCUT2D eigenvalue weighted by molar-refractivity contribution is -0.126. The Bertz CT molecular complexity index is 688. The molecule has 0 bridgehead atoms. The standard InChI is InChI=1S/C17H27N3O3S/c1-13-8-5-6-10-16(13)14(2)18-17(21)15-9-7-11-20(12-15)24(22,23)19(3)4/h5-6,8,10,14-15H,7,9,11-12H2,1-4H3,(H,18,21)/t14-,15-/m1/s1. The van der Waals surface area contributed by atoms with E-state index in [-0.39, 0.29) is 24.4 Å². The molecule has 0 aliphatic carbocycles. The fourth-order valence-corrected chi connectivity index (χ4v) is 4.27. The maximum atomic E-state index is 12.6. The number of hydrogen-bond donors (Lipinski definition) is 1. The Labute approximate surface area is 145 Å². The molecule has 7 heteroatoms. The first-order valence-electron chi connectivity index (χ1n) is 8.27. The molecular weight excluding hydrogens is 326 g/mol. The van der Waals surface area contributed by atoms with E-state index >= 15 is 0 Å². The van der Waals surface area contributed by atoms with Crippen molar-refractivity contribution < 1.29 is 13.2 Å². The summed E-state index contributed by atoms with van der Waals surface area (Å²) >= 11 is 0. The Morgan fingerprint density at radius 3 is 2.62 bits per heavy atom. The van der Waals surface area contributed by atoms with Crippen LogP contribution in [0.3, 0.4) is 0 Å². The molecule has 2 atom stereocenters. The van der Waals surface area contributed by atoms with Gasteiger partial charge in [0.05, 0.1) is 12.0 Å². The van der Waals surface area contributed by atoms with Crippen molar-refractivity contribution in [3.63, 3.8) is 0 Å². The van der Waals surface area contributed by atoms with E-state index < -0.39 is 10.2 Å². The van der Waals surface area contributed by atoms with Gasteiger partial charge in [0, 0.05) is 27.2 Å². The van der Waals surface area contributed by atoms with Crippen LogP contribution in [-0.2, 0) is 15.0 Å². The van der Waals surface area contributed by atoms with Gasteiger partial charge < -0.3 is 5.32 Å². The van der Waals surface area contributed by atoms with Gasteiger partial charge in [-0.1, -0.05) is 24.3 Å². The van der Waals surface area contributed by atoms with Crippen molar-refractivity contribution in [3.8, 4) is 0 Å². The van der Waals surface area contributed by atoms with Crippen LogP contribution in [0.1, 0.15) is 36.9 Å². The van der Waals surface area contributed by atoms with Crippen molar-refractivity contribution in [2.75, 3.05) is 27.2 Å². The van der Waals surface area contributed by atoms with E-state index in [4.69, 9.17) is 0 Å². The molecule has 0 radical (unpaired) electrons. The highest BCUT2D eigenvalue weighted by Gasteiger charge is 2.33. The van der Waals surface area contributed by atoms with Gasteiger partial charge >= 0.3 is 0 Å². The summed E-state index contributed by atoms with van der Waals surface area (Å²) < 4.78 is 27.1. The van der Waals surface area contributed by atoms with Crippen LogP contribution in [-0.4, -0.2) is 50.1 Å². The number of hydrogen-bond acceptors (Lipinski definition) is 3. The first-order chi connectivity index (χ1) is 11.2. The second-order valence-corrected chi connectivity index (χ2v) is 8.72. The van der Waals surface area contributed by atoms with Crippen LogP contribution in [0.5, 0.6) is 0 Å². The van der Waals surface area contributed by atoms with E-state index in [0.717, 1.165) is 11.1 Å².